The van der Waals surface area contributed by atoms with Gasteiger partial charge in [0.25, 0.3) is 11.6 Å². The quantitative estimate of drug-likeness (QED) is 0.443. The predicted octanol–water partition coefficient (Wildman–Crippen LogP) is 1.58. The van der Waals surface area contributed by atoms with Gasteiger partial charge in [-0.25, -0.2) is 5.84 Å². The number of carbonyl (C=O) groups is 1. The summed E-state index contributed by atoms with van der Waals surface area (Å²) < 4.78 is 0. The van der Waals surface area contributed by atoms with E-state index in [1.165, 1.54) is 24.3 Å². The Morgan fingerprint density at radius 3 is 2.62 bits per heavy atom. The van der Waals surface area contributed by atoms with Crippen LogP contribution in [0, 0.1) is 10.1 Å². The van der Waals surface area contributed by atoms with Crippen molar-refractivity contribution in [3.63, 3.8) is 0 Å². The van der Waals surface area contributed by atoms with Gasteiger partial charge in [-0.1, -0.05) is 11.6 Å². The van der Waals surface area contributed by atoms with Crippen LogP contribution in [0.5, 0.6) is 0 Å². The molecule has 0 aliphatic heterocycles. The molecule has 0 radical (unpaired) electrons. The molecule has 1 aromatic carbocycles. The van der Waals surface area contributed by atoms with Crippen LogP contribution < -0.4 is 16.6 Å². The fraction of sp³-hybridized carbons (Fsp3) is 0. The topological polar surface area (TPSA) is 136 Å². The summed E-state index contributed by atoms with van der Waals surface area (Å²) in [6.45, 7) is 0. The number of nitrogens with two attached hydrogens (primary N) is 1. The molecular formula is C11H9ClN6O3. The molecule has 0 fully saturated rings. The Morgan fingerprint density at radius 1 is 1.29 bits per heavy atom. The van der Waals surface area contributed by atoms with Crippen molar-refractivity contribution < 1.29 is 9.72 Å². The van der Waals surface area contributed by atoms with Gasteiger partial charge < -0.3 is 10.7 Å². The molecule has 0 aliphatic rings. The molecule has 0 unspecified atom stereocenters. The molecule has 1 amide bonds. The molecule has 2 rings (SSSR count). The first-order valence-electron chi connectivity index (χ1n) is 5.57. The standard InChI is InChI=1S/C11H9ClN6O3/c12-7-2-1-6(18(20)21)5-9(7)14-11(19)8-3-4-10(15-13)17-16-8/h1-5H,13H2,(H,14,19)(H,15,17). The van der Waals surface area contributed by atoms with Crippen LogP contribution in [0.3, 0.4) is 0 Å². The molecule has 1 heterocycles. The highest BCUT2D eigenvalue weighted by molar-refractivity contribution is 6.34. The molecule has 0 saturated heterocycles. The third-order valence-corrected chi connectivity index (χ3v) is 2.78. The average molecular weight is 309 g/mol. The minimum absolute atomic E-state index is 0.0107. The van der Waals surface area contributed by atoms with E-state index in [4.69, 9.17) is 17.4 Å². The molecule has 2 aromatic rings. The number of hydrazine groups is 1. The molecule has 0 saturated carbocycles. The maximum Gasteiger partial charge on any atom is 0.276 e. The van der Waals surface area contributed by atoms with Crippen molar-refractivity contribution >= 4 is 34.7 Å². The van der Waals surface area contributed by atoms with Crippen molar-refractivity contribution in [1.29, 1.82) is 0 Å². The number of benzene rings is 1. The number of hydrogen-bond donors (Lipinski definition) is 3. The number of halogens is 1. The molecule has 108 valence electrons. The highest BCUT2D eigenvalue weighted by Crippen LogP contribution is 2.26. The summed E-state index contributed by atoms with van der Waals surface area (Å²) in [5, 5.41) is 20.6. The zero-order chi connectivity index (χ0) is 15.4. The highest BCUT2D eigenvalue weighted by atomic mass is 35.5. The number of hydrogen-bond acceptors (Lipinski definition) is 7. The fourth-order valence-corrected chi connectivity index (χ4v) is 1.60. The van der Waals surface area contributed by atoms with Crippen molar-refractivity contribution in [3.05, 3.63) is 51.2 Å². The van der Waals surface area contributed by atoms with Crippen molar-refractivity contribution in [2.75, 3.05) is 10.7 Å². The Labute approximate surface area is 123 Å². The van der Waals surface area contributed by atoms with Crippen LogP contribution >= 0.6 is 11.6 Å². The van der Waals surface area contributed by atoms with Gasteiger partial charge in [-0.3, -0.25) is 14.9 Å². The second kappa shape index (κ2) is 6.11. The minimum atomic E-state index is -0.603. The maximum absolute atomic E-state index is 12.0. The molecule has 0 bridgehead atoms. The first kappa shape index (κ1) is 14.6. The first-order chi connectivity index (χ1) is 10.0. The van der Waals surface area contributed by atoms with E-state index in [1.54, 1.807) is 0 Å². The number of aromatic nitrogens is 2. The Kier molecular flexibility index (Phi) is 4.26. The maximum atomic E-state index is 12.0. The monoisotopic (exact) mass is 308 g/mol. The number of anilines is 2. The second-order valence-electron chi connectivity index (χ2n) is 3.82. The smallest absolute Gasteiger partial charge is 0.276 e. The Morgan fingerprint density at radius 2 is 2.05 bits per heavy atom. The number of carbonyl (C=O) groups excluding carboxylic acids is 1. The molecule has 9 nitrogen and oxygen atoms in total. The number of nitrogens with one attached hydrogen (secondary N) is 2. The summed E-state index contributed by atoms with van der Waals surface area (Å²) in [7, 11) is 0. The zero-order valence-corrected chi connectivity index (χ0v) is 11.2. The van der Waals surface area contributed by atoms with E-state index in [-0.39, 0.29) is 22.1 Å². The number of nitrogen functional groups attached to an aromatic ring is 1. The van der Waals surface area contributed by atoms with Crippen molar-refractivity contribution in [3.8, 4) is 0 Å². The van der Waals surface area contributed by atoms with Gasteiger partial charge in [0, 0.05) is 12.1 Å². The van der Waals surface area contributed by atoms with E-state index in [9.17, 15) is 14.9 Å². The van der Waals surface area contributed by atoms with Gasteiger partial charge in [0.2, 0.25) is 0 Å². The summed E-state index contributed by atoms with van der Waals surface area (Å²) in [6.07, 6.45) is 0. The van der Waals surface area contributed by atoms with Crippen LogP contribution in [0.2, 0.25) is 5.02 Å². The third kappa shape index (κ3) is 3.41. The van der Waals surface area contributed by atoms with Gasteiger partial charge in [-0.15, -0.1) is 10.2 Å². The average Bonchev–Trinajstić information content (AvgIpc) is 2.49. The molecule has 4 N–H and O–H groups in total. The van der Waals surface area contributed by atoms with Crippen LogP contribution in [0.25, 0.3) is 0 Å². The summed E-state index contributed by atoms with van der Waals surface area (Å²) >= 11 is 5.88. The van der Waals surface area contributed by atoms with E-state index >= 15 is 0 Å². The SMILES string of the molecule is NNc1ccc(C(=O)Nc2cc([N+](=O)[O-])ccc2Cl)nn1. The lowest BCUT2D eigenvalue weighted by Gasteiger charge is -2.06. The van der Waals surface area contributed by atoms with Crippen LogP contribution in [-0.4, -0.2) is 21.0 Å². The van der Waals surface area contributed by atoms with Crippen molar-refractivity contribution in [1.82, 2.24) is 10.2 Å². The van der Waals surface area contributed by atoms with Crippen LogP contribution in [0.15, 0.2) is 30.3 Å². The Balaban J connectivity index is 2.22. The lowest BCUT2D eigenvalue weighted by molar-refractivity contribution is -0.384. The summed E-state index contributed by atoms with van der Waals surface area (Å²) in [6, 6.07) is 6.56. The molecule has 10 heteroatoms. The largest absolute Gasteiger partial charge is 0.319 e. The minimum Gasteiger partial charge on any atom is -0.319 e. The van der Waals surface area contributed by atoms with Gasteiger partial charge in [0.15, 0.2) is 11.5 Å². The Bertz CT molecular complexity index is 691. The normalized spacial score (nSPS) is 10.0. The number of amides is 1. The van der Waals surface area contributed by atoms with Crippen LogP contribution in [0.1, 0.15) is 10.5 Å². The van der Waals surface area contributed by atoms with Crippen LogP contribution in [0.4, 0.5) is 17.2 Å². The van der Waals surface area contributed by atoms with E-state index < -0.39 is 10.8 Å². The van der Waals surface area contributed by atoms with Gasteiger partial charge >= 0.3 is 0 Å². The van der Waals surface area contributed by atoms with Crippen molar-refractivity contribution in [2.24, 2.45) is 5.84 Å². The molecular weight excluding hydrogens is 300 g/mol. The summed E-state index contributed by atoms with van der Waals surface area (Å²) in [5.74, 6) is 4.82. The Hall–Kier alpha value is -2.78. The van der Waals surface area contributed by atoms with Crippen LogP contribution in [-0.2, 0) is 0 Å². The van der Waals surface area contributed by atoms with Gasteiger partial charge in [-0.05, 0) is 18.2 Å². The molecule has 1 aromatic heterocycles. The lowest BCUT2D eigenvalue weighted by Crippen LogP contribution is -2.16. The molecule has 21 heavy (non-hydrogen) atoms. The van der Waals surface area contributed by atoms with E-state index in [0.717, 1.165) is 6.07 Å². The van der Waals surface area contributed by atoms with E-state index in [0.29, 0.717) is 5.82 Å². The predicted molar refractivity (Wildman–Crippen MR) is 75.9 cm³/mol. The highest BCUT2D eigenvalue weighted by Gasteiger charge is 2.14. The first-order valence-corrected chi connectivity index (χ1v) is 5.94. The molecule has 0 aliphatic carbocycles. The number of rotatable bonds is 4. The number of non-ortho nitro benzene ring substituents is 1. The van der Waals surface area contributed by atoms with Crippen molar-refractivity contribution in [2.45, 2.75) is 0 Å². The van der Waals surface area contributed by atoms with Gasteiger partial charge in [-0.2, -0.15) is 0 Å². The zero-order valence-electron chi connectivity index (χ0n) is 10.4. The number of nitro groups is 1. The van der Waals surface area contributed by atoms with E-state index in [2.05, 4.69) is 20.9 Å². The fourth-order valence-electron chi connectivity index (χ4n) is 1.44. The summed E-state index contributed by atoms with van der Waals surface area (Å²) in [4.78, 5) is 22.1. The lowest BCUT2D eigenvalue weighted by atomic mass is 10.2. The molecule has 0 spiro atoms. The van der Waals surface area contributed by atoms with Gasteiger partial charge in [0.1, 0.15) is 0 Å². The molecule has 0 atom stereocenters. The number of nitrogens with zero attached hydrogens (tertiary/aromatic N) is 3. The van der Waals surface area contributed by atoms with Gasteiger partial charge in [0.05, 0.1) is 15.6 Å². The third-order valence-electron chi connectivity index (χ3n) is 2.45. The number of nitro benzene ring substituents is 1. The second-order valence-corrected chi connectivity index (χ2v) is 4.23. The summed E-state index contributed by atoms with van der Waals surface area (Å²) in [5.41, 5.74) is 2.20. The van der Waals surface area contributed by atoms with E-state index in [1.807, 2.05) is 0 Å².